The fourth-order valence-electron chi connectivity index (χ4n) is 1.89. The van der Waals surface area contributed by atoms with Crippen molar-refractivity contribution in [3.8, 4) is 10.4 Å². The van der Waals surface area contributed by atoms with E-state index in [2.05, 4.69) is 27.5 Å². The van der Waals surface area contributed by atoms with E-state index in [-0.39, 0.29) is 5.91 Å². The molecule has 0 aliphatic rings. The van der Waals surface area contributed by atoms with Crippen LogP contribution < -0.4 is 5.32 Å². The van der Waals surface area contributed by atoms with Gasteiger partial charge in [-0.05, 0) is 24.3 Å². The third kappa shape index (κ3) is 3.15. The first-order valence-corrected chi connectivity index (χ1v) is 8.24. The summed E-state index contributed by atoms with van der Waals surface area (Å²) in [5.74, 6) is -0.105. The quantitative estimate of drug-likeness (QED) is 0.799. The van der Waals surface area contributed by atoms with E-state index in [1.165, 1.54) is 16.2 Å². The maximum absolute atomic E-state index is 11.5. The Bertz CT molecular complexity index is 828. The molecule has 7 heteroatoms. The molecule has 0 bridgehead atoms. The maximum Gasteiger partial charge on any atom is 0.262 e. The van der Waals surface area contributed by atoms with Crippen molar-refractivity contribution < 1.29 is 4.79 Å². The maximum atomic E-state index is 11.5. The Morgan fingerprint density at radius 2 is 2.14 bits per heavy atom. The number of hydrogen-bond donors (Lipinski definition) is 1. The van der Waals surface area contributed by atoms with E-state index < -0.39 is 0 Å². The molecule has 0 spiro atoms. The summed E-state index contributed by atoms with van der Waals surface area (Å²) in [4.78, 5) is 18.7. The molecule has 0 saturated carbocycles. The summed E-state index contributed by atoms with van der Waals surface area (Å²) in [6, 6.07) is 4.15. The molecule has 0 fully saturated rings. The normalized spacial score (nSPS) is 11.2. The molecule has 0 unspecified atom stereocenters. The number of aryl methyl sites for hydroxylation is 1. The summed E-state index contributed by atoms with van der Waals surface area (Å²) < 4.78 is 1.79. The second kappa shape index (κ2) is 6.25. The molecular formula is C15H14N4OS2. The van der Waals surface area contributed by atoms with Gasteiger partial charge in [0.15, 0.2) is 0 Å². The molecule has 0 atom stereocenters. The Morgan fingerprint density at radius 1 is 1.27 bits per heavy atom. The number of aromatic nitrogens is 3. The molecule has 1 N–H and O–H groups in total. The van der Waals surface area contributed by atoms with E-state index in [1.54, 1.807) is 29.3 Å². The van der Waals surface area contributed by atoms with Crippen molar-refractivity contribution in [2.24, 2.45) is 7.05 Å². The van der Waals surface area contributed by atoms with Gasteiger partial charge in [-0.25, -0.2) is 4.98 Å². The van der Waals surface area contributed by atoms with Gasteiger partial charge in [-0.2, -0.15) is 5.10 Å². The van der Waals surface area contributed by atoms with Crippen LogP contribution in [0.3, 0.4) is 0 Å². The summed E-state index contributed by atoms with van der Waals surface area (Å²) in [5, 5.41) is 7.59. The lowest BCUT2D eigenvalue weighted by Gasteiger charge is -1.90. The number of amides is 1. The van der Waals surface area contributed by atoms with Crippen LogP contribution in [0.5, 0.6) is 0 Å². The fourth-order valence-corrected chi connectivity index (χ4v) is 3.54. The molecule has 3 heterocycles. The molecule has 0 aliphatic heterocycles. The zero-order chi connectivity index (χ0) is 15.5. The van der Waals surface area contributed by atoms with E-state index in [9.17, 15) is 4.79 Å². The van der Waals surface area contributed by atoms with Crippen LogP contribution in [-0.4, -0.2) is 27.7 Å². The van der Waals surface area contributed by atoms with E-state index in [0.717, 1.165) is 15.4 Å². The van der Waals surface area contributed by atoms with E-state index in [0.29, 0.717) is 4.88 Å². The van der Waals surface area contributed by atoms with Gasteiger partial charge in [-0.15, -0.1) is 22.7 Å². The first-order chi connectivity index (χ1) is 10.7. The number of hydrogen-bond acceptors (Lipinski definition) is 5. The third-order valence-corrected chi connectivity index (χ3v) is 5.04. The molecule has 3 aromatic rings. The zero-order valence-electron chi connectivity index (χ0n) is 12.1. The molecule has 112 valence electrons. The Balaban J connectivity index is 1.74. The van der Waals surface area contributed by atoms with Gasteiger partial charge in [0.25, 0.3) is 5.91 Å². The summed E-state index contributed by atoms with van der Waals surface area (Å²) in [5.41, 5.74) is 1.11. The lowest BCUT2D eigenvalue weighted by atomic mass is 10.3. The van der Waals surface area contributed by atoms with Crippen molar-refractivity contribution in [2.45, 2.75) is 0 Å². The second-order valence-electron chi connectivity index (χ2n) is 4.58. The van der Waals surface area contributed by atoms with Gasteiger partial charge in [-0.1, -0.05) is 0 Å². The largest absolute Gasteiger partial charge is 0.354 e. The van der Waals surface area contributed by atoms with Gasteiger partial charge in [0.1, 0.15) is 9.88 Å². The van der Waals surface area contributed by atoms with Gasteiger partial charge in [0.2, 0.25) is 0 Å². The first kappa shape index (κ1) is 14.7. The van der Waals surface area contributed by atoms with Crippen molar-refractivity contribution in [1.29, 1.82) is 0 Å². The van der Waals surface area contributed by atoms with Gasteiger partial charge in [0.05, 0.1) is 12.4 Å². The molecule has 5 nitrogen and oxygen atoms in total. The Morgan fingerprint density at radius 3 is 2.86 bits per heavy atom. The fraction of sp³-hybridized carbons (Fsp3) is 0.133. The topological polar surface area (TPSA) is 59.8 Å². The predicted molar refractivity (Wildman–Crippen MR) is 91.0 cm³/mol. The number of thiophene rings is 1. The monoisotopic (exact) mass is 330 g/mol. The minimum atomic E-state index is -0.105. The van der Waals surface area contributed by atoms with Crippen LogP contribution in [0.2, 0.25) is 0 Å². The summed E-state index contributed by atoms with van der Waals surface area (Å²) in [6.45, 7) is 0. The smallest absolute Gasteiger partial charge is 0.262 e. The molecule has 22 heavy (non-hydrogen) atoms. The van der Waals surface area contributed by atoms with Crippen molar-refractivity contribution in [2.75, 3.05) is 7.05 Å². The van der Waals surface area contributed by atoms with Crippen molar-refractivity contribution >= 4 is 40.7 Å². The Hall–Kier alpha value is -2.25. The zero-order valence-corrected chi connectivity index (χ0v) is 13.7. The van der Waals surface area contributed by atoms with Crippen LogP contribution in [0.25, 0.3) is 22.6 Å². The Kier molecular flexibility index (Phi) is 4.17. The highest BCUT2D eigenvalue weighted by atomic mass is 32.1. The highest BCUT2D eigenvalue weighted by molar-refractivity contribution is 7.16. The van der Waals surface area contributed by atoms with Crippen molar-refractivity contribution in [1.82, 2.24) is 20.1 Å². The number of rotatable bonds is 4. The van der Waals surface area contributed by atoms with Crippen molar-refractivity contribution in [3.05, 3.63) is 45.5 Å². The van der Waals surface area contributed by atoms with Crippen LogP contribution in [0.15, 0.2) is 30.7 Å². The molecule has 3 aromatic heterocycles. The number of carbonyl (C=O) groups is 1. The minimum absolute atomic E-state index is 0.105. The van der Waals surface area contributed by atoms with Gasteiger partial charge >= 0.3 is 0 Å². The van der Waals surface area contributed by atoms with E-state index in [1.807, 2.05) is 31.6 Å². The number of thiazole rings is 1. The van der Waals surface area contributed by atoms with Gasteiger partial charge in [-0.3, -0.25) is 9.48 Å². The summed E-state index contributed by atoms with van der Waals surface area (Å²) in [7, 11) is 3.52. The second-order valence-corrected chi connectivity index (χ2v) is 6.76. The van der Waals surface area contributed by atoms with E-state index >= 15 is 0 Å². The van der Waals surface area contributed by atoms with Crippen LogP contribution in [-0.2, 0) is 7.05 Å². The third-order valence-electron chi connectivity index (χ3n) is 2.98. The minimum Gasteiger partial charge on any atom is -0.354 e. The Labute approximate surface area is 135 Å². The molecule has 0 aliphatic carbocycles. The average Bonchev–Trinajstić information content (AvgIpc) is 3.24. The van der Waals surface area contributed by atoms with Crippen LogP contribution >= 0.6 is 22.7 Å². The molecular weight excluding hydrogens is 316 g/mol. The lowest BCUT2D eigenvalue weighted by molar-refractivity contribution is 0.0967. The van der Waals surface area contributed by atoms with Gasteiger partial charge in [0, 0.05) is 35.6 Å². The van der Waals surface area contributed by atoms with E-state index in [4.69, 9.17) is 0 Å². The molecule has 0 radical (unpaired) electrons. The SMILES string of the molecule is CNC(=O)c1cnc(C=Cc2ccc(-c3cnn(C)c3)s2)s1. The average molecular weight is 330 g/mol. The molecule has 0 aromatic carbocycles. The predicted octanol–water partition coefficient (Wildman–Crippen LogP) is 3.14. The number of carbonyl (C=O) groups excluding carboxylic acids is 1. The molecule has 3 rings (SSSR count). The van der Waals surface area contributed by atoms with Crippen LogP contribution in [0.4, 0.5) is 0 Å². The highest BCUT2D eigenvalue weighted by Gasteiger charge is 2.07. The number of nitrogens with zero attached hydrogens (tertiary/aromatic N) is 3. The van der Waals surface area contributed by atoms with Gasteiger partial charge < -0.3 is 5.32 Å². The standard InChI is InChI=1S/C15H14N4OS2/c1-16-15(20)13-8-17-14(22-13)6-4-11-3-5-12(21-11)10-7-18-19(2)9-10/h3-9H,1-2H3,(H,16,20). The lowest BCUT2D eigenvalue weighted by Crippen LogP contribution is -2.16. The van der Waals surface area contributed by atoms with Crippen LogP contribution in [0.1, 0.15) is 19.6 Å². The summed E-state index contributed by atoms with van der Waals surface area (Å²) >= 11 is 3.07. The molecule has 0 saturated heterocycles. The molecule has 1 amide bonds. The number of nitrogens with one attached hydrogen (secondary N) is 1. The summed E-state index contributed by atoms with van der Waals surface area (Å²) in [6.07, 6.45) is 9.39. The van der Waals surface area contributed by atoms with Crippen LogP contribution in [0, 0.1) is 0 Å². The highest BCUT2D eigenvalue weighted by Crippen LogP contribution is 2.29. The van der Waals surface area contributed by atoms with Crippen molar-refractivity contribution in [3.63, 3.8) is 0 Å². The first-order valence-electron chi connectivity index (χ1n) is 6.60.